The molecule has 0 saturated heterocycles. The third-order valence-corrected chi connectivity index (χ3v) is 7.41. The molecule has 0 bridgehead atoms. The van der Waals surface area contributed by atoms with Crippen LogP contribution in [-0.4, -0.2) is 35.3 Å². The molecule has 2 aromatic carbocycles. The van der Waals surface area contributed by atoms with Crippen molar-refractivity contribution in [2.45, 2.75) is 49.6 Å². The number of hydrogen-bond donors (Lipinski definition) is 1. The van der Waals surface area contributed by atoms with E-state index in [0.29, 0.717) is 29.0 Å². The second-order valence-corrected chi connectivity index (χ2v) is 10.2. The van der Waals surface area contributed by atoms with Gasteiger partial charge in [0.25, 0.3) is 5.56 Å². The summed E-state index contributed by atoms with van der Waals surface area (Å²) >= 11 is 1.36. The molecule has 1 aliphatic carbocycles. The summed E-state index contributed by atoms with van der Waals surface area (Å²) in [7, 11) is 1.81. The van der Waals surface area contributed by atoms with Gasteiger partial charge in [0.1, 0.15) is 11.5 Å². The Morgan fingerprint density at radius 1 is 1.09 bits per heavy atom. The zero-order valence-electron chi connectivity index (χ0n) is 20.0. The average Bonchev–Trinajstić information content (AvgIpc) is 3.61. The zero-order chi connectivity index (χ0) is 24.5. The summed E-state index contributed by atoms with van der Waals surface area (Å²) in [5, 5.41) is 12.0. The fraction of sp³-hybridized carbons (Fsp3) is 0.308. The van der Waals surface area contributed by atoms with Gasteiger partial charge in [0.05, 0.1) is 23.2 Å². The first-order valence-corrected chi connectivity index (χ1v) is 12.6. The fourth-order valence-electron chi connectivity index (χ4n) is 4.09. The van der Waals surface area contributed by atoms with Crippen LogP contribution in [0.25, 0.3) is 5.69 Å². The third-order valence-electron chi connectivity index (χ3n) is 6.33. The lowest BCUT2D eigenvalue weighted by molar-refractivity contribution is -0.115. The molecule has 1 amide bonds. The minimum absolute atomic E-state index is 0.247. The number of thioether (sulfide) groups is 1. The van der Waals surface area contributed by atoms with Crippen LogP contribution in [0.15, 0.2) is 70.6 Å². The predicted molar refractivity (Wildman–Crippen MR) is 137 cm³/mol. The number of rotatable bonds is 8. The lowest BCUT2D eigenvalue weighted by Crippen LogP contribution is -2.27. The van der Waals surface area contributed by atoms with Crippen molar-refractivity contribution in [1.29, 1.82) is 0 Å². The molecule has 4 aromatic rings. The lowest BCUT2D eigenvalue weighted by atomic mass is 10.2. The van der Waals surface area contributed by atoms with Crippen LogP contribution >= 0.6 is 11.8 Å². The molecular formula is C26H28N6O2S. The first kappa shape index (κ1) is 23.2. The smallest absolute Gasteiger partial charge is 0.295 e. The van der Waals surface area contributed by atoms with Crippen LogP contribution in [0.4, 0.5) is 5.69 Å². The van der Waals surface area contributed by atoms with Gasteiger partial charge in [0.15, 0.2) is 5.16 Å². The Labute approximate surface area is 208 Å². The zero-order valence-corrected chi connectivity index (χ0v) is 20.8. The van der Waals surface area contributed by atoms with Crippen molar-refractivity contribution in [3.05, 3.63) is 88.1 Å². The Morgan fingerprint density at radius 3 is 2.40 bits per heavy atom. The minimum atomic E-state index is -0.468. The number of carbonyl (C=O) groups is 1. The van der Waals surface area contributed by atoms with Crippen molar-refractivity contribution < 1.29 is 4.79 Å². The van der Waals surface area contributed by atoms with Crippen molar-refractivity contribution in [2.24, 2.45) is 7.05 Å². The molecule has 0 radical (unpaired) electrons. The number of anilines is 1. The van der Waals surface area contributed by atoms with Gasteiger partial charge in [-0.2, -0.15) is 0 Å². The maximum Gasteiger partial charge on any atom is 0.295 e. The van der Waals surface area contributed by atoms with E-state index in [1.807, 2.05) is 69.4 Å². The number of hydrogen-bond acceptors (Lipinski definition) is 5. The van der Waals surface area contributed by atoms with Gasteiger partial charge in [-0.05, 0) is 44.4 Å². The Kier molecular flexibility index (Phi) is 6.34. The molecule has 8 nitrogen and oxygen atoms in total. The highest BCUT2D eigenvalue weighted by molar-refractivity contribution is 8.00. The molecule has 1 aliphatic rings. The number of carbonyl (C=O) groups excluding carboxylic acids is 1. The Hall–Kier alpha value is -3.59. The van der Waals surface area contributed by atoms with Crippen LogP contribution in [0, 0.1) is 6.92 Å². The van der Waals surface area contributed by atoms with E-state index in [9.17, 15) is 9.59 Å². The molecule has 2 heterocycles. The molecule has 1 fully saturated rings. The number of nitrogens with zero attached hydrogens (tertiary/aromatic N) is 5. The van der Waals surface area contributed by atoms with Crippen LogP contribution < -0.4 is 10.9 Å². The van der Waals surface area contributed by atoms with E-state index in [4.69, 9.17) is 0 Å². The number of amides is 1. The van der Waals surface area contributed by atoms with E-state index in [1.165, 1.54) is 11.8 Å². The summed E-state index contributed by atoms with van der Waals surface area (Å²) in [6, 6.07) is 19.6. The molecule has 0 aliphatic heterocycles. The normalized spacial score (nSPS) is 14.1. The molecule has 5 rings (SSSR count). The number of benzene rings is 2. The van der Waals surface area contributed by atoms with Crippen molar-refractivity contribution in [3.8, 4) is 5.69 Å². The Balaban J connectivity index is 1.36. The highest BCUT2D eigenvalue weighted by Gasteiger charge is 2.31. The van der Waals surface area contributed by atoms with Crippen molar-refractivity contribution in [3.63, 3.8) is 0 Å². The van der Waals surface area contributed by atoms with Crippen molar-refractivity contribution in [1.82, 2.24) is 24.1 Å². The van der Waals surface area contributed by atoms with Gasteiger partial charge in [-0.15, -0.1) is 10.2 Å². The van der Waals surface area contributed by atoms with Crippen LogP contribution in [0.5, 0.6) is 0 Å². The summed E-state index contributed by atoms with van der Waals surface area (Å²) in [5.41, 5.74) is 2.62. The van der Waals surface area contributed by atoms with E-state index >= 15 is 0 Å². The van der Waals surface area contributed by atoms with Crippen LogP contribution in [0.3, 0.4) is 0 Å². The summed E-state index contributed by atoms with van der Waals surface area (Å²) in [6.45, 7) is 4.31. The van der Waals surface area contributed by atoms with Crippen LogP contribution in [0.1, 0.15) is 42.8 Å². The van der Waals surface area contributed by atoms with Gasteiger partial charge >= 0.3 is 0 Å². The van der Waals surface area contributed by atoms with E-state index < -0.39 is 5.25 Å². The highest BCUT2D eigenvalue weighted by Crippen LogP contribution is 2.40. The van der Waals surface area contributed by atoms with Gasteiger partial charge < -0.3 is 9.88 Å². The summed E-state index contributed by atoms with van der Waals surface area (Å²) < 4.78 is 5.43. The molecule has 180 valence electrons. The standard InChI is InChI=1S/C26H28N6O2S/c1-17-22(25(34)32(30(17)3)21-12-8-5-9-13-21)27-24(33)18(2)35-26-29-28-23(20-14-15-20)31(26)16-19-10-6-4-7-11-19/h4-13,18,20H,14-16H2,1-3H3,(H,27,33)/t18-/m1/s1. The second-order valence-electron chi connectivity index (χ2n) is 8.87. The SMILES string of the molecule is Cc1c(NC(=O)[C@@H](C)Sc2nnc(C3CC3)n2Cc2ccccc2)c(=O)n(-c2ccccc2)n1C. The van der Waals surface area contributed by atoms with E-state index in [1.54, 1.807) is 9.36 Å². The van der Waals surface area contributed by atoms with Gasteiger partial charge in [-0.25, -0.2) is 4.68 Å². The molecule has 1 N–H and O–H groups in total. The molecule has 1 atom stereocenters. The fourth-order valence-corrected chi connectivity index (χ4v) is 4.95. The van der Waals surface area contributed by atoms with E-state index in [-0.39, 0.29) is 11.5 Å². The third kappa shape index (κ3) is 4.68. The molecule has 0 spiro atoms. The van der Waals surface area contributed by atoms with Crippen LogP contribution in [-0.2, 0) is 18.4 Å². The summed E-state index contributed by atoms with van der Waals surface area (Å²) in [6.07, 6.45) is 2.24. The summed E-state index contributed by atoms with van der Waals surface area (Å²) in [5.74, 6) is 1.17. The monoisotopic (exact) mass is 488 g/mol. The highest BCUT2D eigenvalue weighted by atomic mass is 32.2. The molecule has 1 saturated carbocycles. The topological polar surface area (TPSA) is 86.7 Å². The average molecular weight is 489 g/mol. The van der Waals surface area contributed by atoms with Crippen LogP contribution in [0.2, 0.25) is 0 Å². The lowest BCUT2D eigenvalue weighted by Gasteiger charge is -2.13. The van der Waals surface area contributed by atoms with Gasteiger partial charge in [-0.3, -0.25) is 14.3 Å². The van der Waals surface area contributed by atoms with Gasteiger partial charge in [0, 0.05) is 13.0 Å². The van der Waals surface area contributed by atoms with Crippen molar-refractivity contribution >= 4 is 23.4 Å². The first-order chi connectivity index (χ1) is 16.9. The largest absolute Gasteiger partial charge is 0.319 e. The van der Waals surface area contributed by atoms with Gasteiger partial charge in [-0.1, -0.05) is 60.3 Å². The second kappa shape index (κ2) is 9.58. The minimum Gasteiger partial charge on any atom is -0.319 e. The number of para-hydroxylation sites is 1. The molecule has 35 heavy (non-hydrogen) atoms. The van der Waals surface area contributed by atoms with E-state index in [0.717, 1.165) is 29.9 Å². The van der Waals surface area contributed by atoms with Crippen molar-refractivity contribution in [2.75, 3.05) is 5.32 Å². The molecular weight excluding hydrogens is 460 g/mol. The maximum absolute atomic E-state index is 13.2. The molecule has 0 unspecified atom stereocenters. The maximum atomic E-state index is 13.2. The summed E-state index contributed by atoms with van der Waals surface area (Å²) in [4.78, 5) is 26.3. The quantitative estimate of drug-likeness (QED) is 0.377. The number of nitrogens with one attached hydrogen (secondary N) is 1. The van der Waals surface area contributed by atoms with Gasteiger partial charge in [0.2, 0.25) is 5.91 Å². The predicted octanol–water partition coefficient (Wildman–Crippen LogP) is 4.12. The molecule has 9 heteroatoms. The Bertz CT molecular complexity index is 1400. The first-order valence-electron chi connectivity index (χ1n) is 11.7. The Morgan fingerprint density at radius 2 is 1.74 bits per heavy atom. The molecule has 2 aromatic heterocycles. The van der Waals surface area contributed by atoms with E-state index in [2.05, 4.69) is 32.2 Å². The number of aromatic nitrogens is 5.